The van der Waals surface area contributed by atoms with Gasteiger partial charge in [0, 0.05) is 7.11 Å². The second-order valence-corrected chi connectivity index (χ2v) is 5.20. The Labute approximate surface area is 124 Å². The summed E-state index contributed by atoms with van der Waals surface area (Å²) < 4.78 is 10.5. The van der Waals surface area contributed by atoms with E-state index in [9.17, 15) is 0 Å². The van der Waals surface area contributed by atoms with Crippen molar-refractivity contribution in [1.82, 2.24) is 15.3 Å². The molecule has 1 aromatic heterocycles. The van der Waals surface area contributed by atoms with Crippen LogP contribution in [-0.2, 0) is 4.74 Å². The van der Waals surface area contributed by atoms with Crippen LogP contribution in [0.1, 0.15) is 24.7 Å². The first kappa shape index (κ1) is 14.1. The lowest BCUT2D eigenvalue weighted by atomic mass is 10.1. The van der Waals surface area contributed by atoms with Crippen LogP contribution in [0.4, 0.5) is 0 Å². The van der Waals surface area contributed by atoms with E-state index in [1.54, 1.807) is 7.11 Å². The van der Waals surface area contributed by atoms with Crippen molar-refractivity contribution in [3.63, 3.8) is 0 Å². The number of aromatic nitrogens is 2. The van der Waals surface area contributed by atoms with Crippen LogP contribution in [0.5, 0.6) is 5.75 Å². The molecule has 0 amide bonds. The van der Waals surface area contributed by atoms with Gasteiger partial charge in [0.05, 0.1) is 24.5 Å². The summed E-state index contributed by atoms with van der Waals surface area (Å²) in [6.45, 7) is 2.24. The van der Waals surface area contributed by atoms with Crippen LogP contribution in [0.3, 0.4) is 0 Å². The van der Waals surface area contributed by atoms with Gasteiger partial charge in [-0.3, -0.25) is 0 Å². The number of nitrogens with one attached hydrogen (secondary N) is 2. The molecule has 5 nitrogen and oxygen atoms in total. The van der Waals surface area contributed by atoms with E-state index < -0.39 is 0 Å². The third-order valence-corrected chi connectivity index (χ3v) is 3.71. The van der Waals surface area contributed by atoms with Gasteiger partial charge in [0.25, 0.3) is 0 Å². The normalized spacial score (nSPS) is 18.0. The Morgan fingerprint density at radius 2 is 2.10 bits per heavy atom. The molecule has 0 unspecified atom stereocenters. The average Bonchev–Trinajstić information content (AvgIpc) is 3.19. The molecular weight excluding hydrogens is 266 g/mol. The Morgan fingerprint density at radius 1 is 1.24 bits per heavy atom. The molecule has 1 aliphatic heterocycles. The van der Waals surface area contributed by atoms with Crippen molar-refractivity contribution < 1.29 is 9.47 Å². The largest absolute Gasteiger partial charge is 0.491 e. The van der Waals surface area contributed by atoms with Crippen molar-refractivity contribution in [2.24, 2.45) is 0 Å². The zero-order chi connectivity index (χ0) is 14.5. The second kappa shape index (κ2) is 6.74. The predicted octanol–water partition coefficient (Wildman–Crippen LogP) is 2.53. The van der Waals surface area contributed by atoms with Gasteiger partial charge in [-0.25, -0.2) is 4.98 Å². The fraction of sp³-hybridized carbons (Fsp3) is 0.438. The molecule has 21 heavy (non-hydrogen) atoms. The number of hydrogen-bond donors (Lipinski definition) is 2. The molecule has 0 saturated carbocycles. The van der Waals surface area contributed by atoms with Gasteiger partial charge in [-0.1, -0.05) is 0 Å². The third-order valence-electron chi connectivity index (χ3n) is 3.71. The molecule has 112 valence electrons. The first-order chi connectivity index (χ1) is 10.4. The van der Waals surface area contributed by atoms with Gasteiger partial charge in [-0.15, -0.1) is 0 Å². The van der Waals surface area contributed by atoms with E-state index >= 15 is 0 Å². The molecule has 5 heteroatoms. The standard InChI is InChI=1S/C16H21N3O2/c1-20-9-10-21-13-6-4-12(5-7-13)15-11-18-16(19-15)14-3-2-8-17-14/h4-7,11,14,17H,2-3,8-10H2,1H3,(H,18,19)/t14-/m0/s1. The Hall–Kier alpha value is -1.85. The summed E-state index contributed by atoms with van der Waals surface area (Å²) in [6.07, 6.45) is 4.27. The lowest BCUT2D eigenvalue weighted by molar-refractivity contribution is 0.146. The van der Waals surface area contributed by atoms with Gasteiger partial charge < -0.3 is 19.8 Å². The van der Waals surface area contributed by atoms with Crippen molar-refractivity contribution in [1.29, 1.82) is 0 Å². The molecule has 0 aliphatic carbocycles. The average molecular weight is 287 g/mol. The third kappa shape index (κ3) is 3.43. The van der Waals surface area contributed by atoms with E-state index in [2.05, 4.69) is 15.3 Å². The van der Waals surface area contributed by atoms with Gasteiger partial charge in [-0.05, 0) is 49.2 Å². The van der Waals surface area contributed by atoms with Crippen LogP contribution >= 0.6 is 0 Å². The van der Waals surface area contributed by atoms with Crippen LogP contribution in [0.2, 0.25) is 0 Å². The summed E-state index contributed by atoms with van der Waals surface area (Å²) in [6, 6.07) is 8.40. The highest BCUT2D eigenvalue weighted by atomic mass is 16.5. The lowest BCUT2D eigenvalue weighted by Crippen LogP contribution is -2.14. The molecular formula is C16H21N3O2. The molecule has 3 rings (SSSR count). The van der Waals surface area contributed by atoms with Gasteiger partial charge in [-0.2, -0.15) is 0 Å². The minimum absolute atomic E-state index is 0.371. The molecule has 1 aliphatic rings. The fourth-order valence-electron chi connectivity index (χ4n) is 2.55. The molecule has 1 atom stereocenters. The summed E-state index contributed by atoms with van der Waals surface area (Å²) in [4.78, 5) is 7.90. The quantitative estimate of drug-likeness (QED) is 0.802. The van der Waals surface area contributed by atoms with Crippen LogP contribution in [0, 0.1) is 0 Å². The number of hydrogen-bond acceptors (Lipinski definition) is 4. The fourth-order valence-corrected chi connectivity index (χ4v) is 2.55. The first-order valence-electron chi connectivity index (χ1n) is 7.37. The van der Waals surface area contributed by atoms with Crippen LogP contribution in [-0.4, -0.2) is 36.8 Å². The molecule has 2 N–H and O–H groups in total. The molecule has 2 aromatic rings. The van der Waals surface area contributed by atoms with Gasteiger partial charge in [0.15, 0.2) is 0 Å². The number of aromatic amines is 1. The SMILES string of the molecule is COCCOc1ccc(-c2cnc([C@@H]3CCCN3)[nH]2)cc1. The summed E-state index contributed by atoms with van der Waals surface area (Å²) in [5.41, 5.74) is 2.16. The zero-order valence-electron chi connectivity index (χ0n) is 12.3. The van der Waals surface area contributed by atoms with Crippen LogP contribution in [0.15, 0.2) is 30.5 Å². The van der Waals surface area contributed by atoms with Gasteiger partial charge >= 0.3 is 0 Å². The van der Waals surface area contributed by atoms with E-state index in [1.807, 2.05) is 30.5 Å². The van der Waals surface area contributed by atoms with Crippen molar-refractivity contribution >= 4 is 0 Å². The molecule has 2 heterocycles. The molecule has 1 fully saturated rings. The molecule has 0 spiro atoms. The molecule has 0 bridgehead atoms. The Kier molecular flexibility index (Phi) is 4.52. The van der Waals surface area contributed by atoms with Crippen LogP contribution < -0.4 is 10.1 Å². The second-order valence-electron chi connectivity index (χ2n) is 5.20. The zero-order valence-corrected chi connectivity index (χ0v) is 12.3. The molecule has 1 aromatic carbocycles. The van der Waals surface area contributed by atoms with E-state index in [4.69, 9.17) is 9.47 Å². The van der Waals surface area contributed by atoms with Crippen LogP contribution in [0.25, 0.3) is 11.3 Å². The highest BCUT2D eigenvalue weighted by Crippen LogP contribution is 2.25. The Morgan fingerprint density at radius 3 is 2.81 bits per heavy atom. The predicted molar refractivity (Wildman–Crippen MR) is 81.4 cm³/mol. The number of rotatable bonds is 6. The van der Waals surface area contributed by atoms with Crippen molar-refractivity contribution in [3.8, 4) is 17.0 Å². The van der Waals surface area contributed by atoms with Gasteiger partial charge in [0.1, 0.15) is 18.2 Å². The highest BCUT2D eigenvalue weighted by molar-refractivity contribution is 5.59. The summed E-state index contributed by atoms with van der Waals surface area (Å²) in [5, 5.41) is 3.45. The summed E-state index contributed by atoms with van der Waals surface area (Å²) >= 11 is 0. The highest BCUT2D eigenvalue weighted by Gasteiger charge is 2.19. The minimum Gasteiger partial charge on any atom is -0.491 e. The van der Waals surface area contributed by atoms with E-state index in [-0.39, 0.29) is 0 Å². The number of imidazole rings is 1. The van der Waals surface area contributed by atoms with Crippen molar-refractivity contribution in [2.75, 3.05) is 26.9 Å². The van der Waals surface area contributed by atoms with Crippen molar-refractivity contribution in [2.45, 2.75) is 18.9 Å². The maximum absolute atomic E-state index is 5.56. The number of nitrogens with zero attached hydrogens (tertiary/aromatic N) is 1. The van der Waals surface area contributed by atoms with E-state index in [0.29, 0.717) is 19.3 Å². The minimum atomic E-state index is 0.371. The number of ether oxygens (including phenoxy) is 2. The monoisotopic (exact) mass is 287 g/mol. The summed E-state index contributed by atoms with van der Waals surface area (Å²) in [7, 11) is 1.67. The summed E-state index contributed by atoms with van der Waals surface area (Å²) in [5.74, 6) is 1.89. The Balaban J connectivity index is 1.66. The van der Waals surface area contributed by atoms with E-state index in [0.717, 1.165) is 35.8 Å². The maximum Gasteiger partial charge on any atom is 0.123 e. The number of H-pyrrole nitrogens is 1. The smallest absolute Gasteiger partial charge is 0.123 e. The van der Waals surface area contributed by atoms with Gasteiger partial charge in [0.2, 0.25) is 0 Å². The first-order valence-corrected chi connectivity index (χ1v) is 7.37. The number of methoxy groups -OCH3 is 1. The van der Waals surface area contributed by atoms with E-state index in [1.165, 1.54) is 6.42 Å². The molecule has 0 radical (unpaired) electrons. The topological polar surface area (TPSA) is 59.2 Å². The molecule has 1 saturated heterocycles. The van der Waals surface area contributed by atoms with Crippen molar-refractivity contribution in [3.05, 3.63) is 36.3 Å². The number of benzene rings is 1. The maximum atomic E-state index is 5.56. The Bertz CT molecular complexity index is 559. The lowest BCUT2D eigenvalue weighted by Gasteiger charge is -2.07.